The van der Waals surface area contributed by atoms with E-state index in [-0.39, 0.29) is 11.4 Å². The number of nitro groups is 1. The summed E-state index contributed by atoms with van der Waals surface area (Å²) in [6.07, 6.45) is 1.65. The molecule has 0 unspecified atom stereocenters. The molecule has 23 heavy (non-hydrogen) atoms. The standard InChI is InChI=1S/C15H15BrN2O4S/c1-23(21,22)9-8-11-2-5-13(6-3-11)17-14-7-4-12(16)10-15(14)18(19)20/h2-7,10,17H,8-9H2,1H3. The fourth-order valence-corrected chi connectivity index (χ4v) is 2.93. The van der Waals surface area contributed by atoms with Crippen molar-refractivity contribution in [2.75, 3.05) is 17.3 Å². The van der Waals surface area contributed by atoms with E-state index in [4.69, 9.17) is 0 Å². The minimum absolute atomic E-state index is 0.0273. The van der Waals surface area contributed by atoms with E-state index in [2.05, 4.69) is 21.2 Å². The molecule has 0 atom stereocenters. The van der Waals surface area contributed by atoms with Crippen molar-refractivity contribution in [1.82, 2.24) is 0 Å². The maximum Gasteiger partial charge on any atom is 0.293 e. The van der Waals surface area contributed by atoms with Crippen molar-refractivity contribution in [3.05, 3.63) is 62.6 Å². The topological polar surface area (TPSA) is 89.3 Å². The Hall–Kier alpha value is -1.93. The van der Waals surface area contributed by atoms with Gasteiger partial charge in [-0.15, -0.1) is 0 Å². The number of hydrogen-bond acceptors (Lipinski definition) is 5. The van der Waals surface area contributed by atoms with Crippen LogP contribution in [0, 0.1) is 10.1 Å². The molecule has 0 bridgehead atoms. The molecule has 0 saturated heterocycles. The lowest BCUT2D eigenvalue weighted by Crippen LogP contribution is -2.05. The minimum Gasteiger partial charge on any atom is -0.350 e. The highest BCUT2D eigenvalue weighted by Gasteiger charge is 2.14. The van der Waals surface area contributed by atoms with Crippen LogP contribution in [0.5, 0.6) is 0 Å². The summed E-state index contributed by atoms with van der Waals surface area (Å²) in [6.45, 7) is 0. The van der Waals surface area contributed by atoms with Gasteiger partial charge in [0.25, 0.3) is 5.69 Å². The van der Waals surface area contributed by atoms with Crippen LogP contribution in [-0.2, 0) is 16.3 Å². The van der Waals surface area contributed by atoms with Crippen LogP contribution < -0.4 is 5.32 Å². The smallest absolute Gasteiger partial charge is 0.293 e. The fourth-order valence-electron chi connectivity index (χ4n) is 1.98. The molecule has 122 valence electrons. The molecule has 0 aliphatic heterocycles. The van der Waals surface area contributed by atoms with Gasteiger partial charge >= 0.3 is 0 Å². The van der Waals surface area contributed by atoms with Crippen LogP contribution in [0.1, 0.15) is 5.56 Å². The van der Waals surface area contributed by atoms with Crippen LogP contribution in [0.3, 0.4) is 0 Å². The predicted octanol–water partition coefficient (Wildman–Crippen LogP) is 3.69. The normalized spacial score (nSPS) is 11.2. The van der Waals surface area contributed by atoms with Gasteiger partial charge < -0.3 is 5.32 Å². The average Bonchev–Trinajstić information content (AvgIpc) is 2.47. The van der Waals surface area contributed by atoms with Crippen LogP contribution in [0.2, 0.25) is 0 Å². The maximum atomic E-state index is 11.2. The van der Waals surface area contributed by atoms with E-state index in [1.54, 1.807) is 36.4 Å². The predicted molar refractivity (Wildman–Crippen MR) is 93.9 cm³/mol. The number of sulfone groups is 1. The van der Waals surface area contributed by atoms with Gasteiger partial charge in [-0.25, -0.2) is 8.42 Å². The summed E-state index contributed by atoms with van der Waals surface area (Å²) in [5.41, 5.74) is 1.95. The van der Waals surface area contributed by atoms with Crippen molar-refractivity contribution >= 4 is 42.8 Å². The molecule has 2 aromatic rings. The highest BCUT2D eigenvalue weighted by molar-refractivity contribution is 9.10. The van der Waals surface area contributed by atoms with Crippen molar-refractivity contribution in [3.8, 4) is 0 Å². The van der Waals surface area contributed by atoms with Gasteiger partial charge in [0.2, 0.25) is 0 Å². The van der Waals surface area contributed by atoms with E-state index < -0.39 is 14.8 Å². The van der Waals surface area contributed by atoms with Gasteiger partial charge in [-0.3, -0.25) is 10.1 Å². The van der Waals surface area contributed by atoms with Crippen molar-refractivity contribution in [2.24, 2.45) is 0 Å². The second-order valence-electron chi connectivity index (χ2n) is 5.12. The van der Waals surface area contributed by atoms with Crippen LogP contribution in [0.4, 0.5) is 17.1 Å². The number of nitrogens with one attached hydrogen (secondary N) is 1. The molecular formula is C15H15BrN2O4S. The number of aryl methyl sites for hydroxylation is 1. The lowest BCUT2D eigenvalue weighted by atomic mass is 10.1. The largest absolute Gasteiger partial charge is 0.350 e. The number of halogens is 1. The number of hydrogen-bond donors (Lipinski definition) is 1. The number of rotatable bonds is 6. The highest BCUT2D eigenvalue weighted by Crippen LogP contribution is 2.30. The van der Waals surface area contributed by atoms with Crippen LogP contribution in [-0.4, -0.2) is 25.3 Å². The zero-order chi connectivity index (χ0) is 17.0. The minimum atomic E-state index is -3.00. The summed E-state index contributed by atoms with van der Waals surface area (Å²) in [5.74, 6) is 0.0952. The Labute approximate surface area is 142 Å². The van der Waals surface area contributed by atoms with Crippen molar-refractivity contribution in [2.45, 2.75) is 6.42 Å². The molecule has 0 saturated carbocycles. The van der Waals surface area contributed by atoms with Crippen molar-refractivity contribution in [1.29, 1.82) is 0 Å². The van der Waals surface area contributed by atoms with E-state index >= 15 is 0 Å². The number of benzene rings is 2. The molecule has 0 heterocycles. The Morgan fingerprint density at radius 2 is 1.83 bits per heavy atom. The monoisotopic (exact) mass is 398 g/mol. The number of nitrogens with zero attached hydrogens (tertiary/aromatic N) is 1. The maximum absolute atomic E-state index is 11.2. The first-order chi connectivity index (χ1) is 10.7. The summed E-state index contributed by atoms with van der Waals surface area (Å²) in [5, 5.41) is 14.1. The molecule has 0 aromatic heterocycles. The second-order valence-corrected chi connectivity index (χ2v) is 8.30. The van der Waals surface area contributed by atoms with Crippen LogP contribution in [0.25, 0.3) is 0 Å². The third kappa shape index (κ3) is 5.33. The molecule has 0 spiro atoms. The quantitative estimate of drug-likeness (QED) is 0.591. The van der Waals surface area contributed by atoms with E-state index in [0.717, 1.165) is 5.56 Å². The average molecular weight is 399 g/mol. The van der Waals surface area contributed by atoms with Crippen LogP contribution in [0.15, 0.2) is 46.9 Å². The zero-order valence-electron chi connectivity index (χ0n) is 12.3. The Bertz CT molecular complexity index is 820. The Morgan fingerprint density at radius 3 is 2.39 bits per heavy atom. The molecule has 6 nitrogen and oxygen atoms in total. The van der Waals surface area contributed by atoms with E-state index in [1.807, 2.05) is 0 Å². The Balaban J connectivity index is 2.14. The number of anilines is 2. The van der Waals surface area contributed by atoms with Crippen LogP contribution >= 0.6 is 15.9 Å². The van der Waals surface area contributed by atoms with Gasteiger partial charge in [0.05, 0.1) is 10.7 Å². The molecule has 0 amide bonds. The summed E-state index contributed by atoms with van der Waals surface area (Å²) in [7, 11) is -3.00. The first-order valence-corrected chi connectivity index (χ1v) is 9.57. The van der Waals surface area contributed by atoms with Gasteiger partial charge in [0.15, 0.2) is 0 Å². The molecule has 8 heteroatoms. The lowest BCUT2D eigenvalue weighted by molar-refractivity contribution is -0.384. The zero-order valence-corrected chi connectivity index (χ0v) is 14.7. The molecule has 2 rings (SSSR count). The first-order valence-electron chi connectivity index (χ1n) is 6.72. The fraction of sp³-hybridized carbons (Fsp3) is 0.200. The second kappa shape index (κ2) is 7.10. The van der Waals surface area contributed by atoms with E-state index in [1.165, 1.54) is 12.3 Å². The number of nitro benzene ring substituents is 1. The SMILES string of the molecule is CS(=O)(=O)CCc1ccc(Nc2ccc(Br)cc2[N+](=O)[O-])cc1. The van der Waals surface area contributed by atoms with E-state index in [0.29, 0.717) is 22.3 Å². The Morgan fingerprint density at radius 1 is 1.17 bits per heavy atom. The molecule has 1 N–H and O–H groups in total. The van der Waals surface area contributed by atoms with E-state index in [9.17, 15) is 18.5 Å². The molecule has 0 radical (unpaired) electrons. The summed E-state index contributed by atoms with van der Waals surface area (Å²) < 4.78 is 23.0. The lowest BCUT2D eigenvalue weighted by Gasteiger charge is -2.08. The molecule has 0 aliphatic carbocycles. The summed E-state index contributed by atoms with van der Waals surface area (Å²) >= 11 is 3.21. The molecule has 0 aliphatic rings. The third-order valence-corrected chi connectivity index (χ3v) is 4.59. The van der Waals surface area contributed by atoms with Gasteiger partial charge in [-0.05, 0) is 36.2 Å². The molecule has 0 fully saturated rings. The Kier molecular flexibility index (Phi) is 5.38. The van der Waals surface area contributed by atoms with Gasteiger partial charge in [-0.1, -0.05) is 28.1 Å². The summed E-state index contributed by atoms with van der Waals surface area (Å²) in [4.78, 5) is 10.6. The van der Waals surface area contributed by atoms with Gasteiger partial charge in [-0.2, -0.15) is 0 Å². The molecule has 2 aromatic carbocycles. The van der Waals surface area contributed by atoms with Crippen molar-refractivity contribution in [3.63, 3.8) is 0 Å². The highest BCUT2D eigenvalue weighted by atomic mass is 79.9. The first kappa shape index (κ1) is 17.4. The molecular weight excluding hydrogens is 384 g/mol. The van der Waals surface area contributed by atoms with Gasteiger partial charge in [0, 0.05) is 22.5 Å². The third-order valence-electron chi connectivity index (χ3n) is 3.15. The summed E-state index contributed by atoms with van der Waals surface area (Å²) in [6, 6.07) is 11.9. The van der Waals surface area contributed by atoms with Gasteiger partial charge in [0.1, 0.15) is 15.5 Å². The van der Waals surface area contributed by atoms with Crippen molar-refractivity contribution < 1.29 is 13.3 Å².